The van der Waals surface area contributed by atoms with Crippen LogP contribution in [0.15, 0.2) is 29.8 Å². The van der Waals surface area contributed by atoms with E-state index in [9.17, 15) is 34.2 Å². The lowest BCUT2D eigenvalue weighted by atomic mass is 9.48. The van der Waals surface area contributed by atoms with Crippen molar-refractivity contribution in [3.8, 4) is 5.75 Å². The molecule has 3 saturated carbocycles. The zero-order valence-corrected chi connectivity index (χ0v) is 42.1. The lowest BCUT2D eigenvalue weighted by Gasteiger charge is -2.57. The Morgan fingerprint density at radius 3 is 2.41 bits per heavy atom. The Morgan fingerprint density at radius 2 is 1.72 bits per heavy atom. The van der Waals surface area contributed by atoms with E-state index in [4.69, 9.17) is 23.7 Å². The number of ether oxygens (including phenoxy) is 5. The van der Waals surface area contributed by atoms with Gasteiger partial charge in [-0.15, -0.1) is 0 Å². The Bertz CT molecular complexity index is 2030. The number of carbonyl (C=O) groups is 5. The van der Waals surface area contributed by atoms with Gasteiger partial charge in [-0.05, 0) is 130 Å². The normalized spacial score (nSPS) is 39.7. The van der Waals surface area contributed by atoms with Crippen LogP contribution in [-0.2, 0) is 42.9 Å². The molecule has 2 amide bonds. The molecule has 14 heteroatoms. The van der Waals surface area contributed by atoms with Gasteiger partial charge in [-0.25, -0.2) is 4.79 Å². The van der Waals surface area contributed by atoms with E-state index in [1.807, 2.05) is 20.8 Å². The molecular weight excluding hydrogens is 869 g/mol. The van der Waals surface area contributed by atoms with Gasteiger partial charge in [0, 0.05) is 18.8 Å². The summed E-state index contributed by atoms with van der Waals surface area (Å²) in [5.74, 6) is -0.592. The van der Waals surface area contributed by atoms with Gasteiger partial charge in [0.2, 0.25) is 6.41 Å². The Hall–Kier alpha value is -4.01. The Balaban J connectivity index is 0.000000205. The van der Waals surface area contributed by atoms with Crippen LogP contribution in [0.4, 0.5) is 5.69 Å². The SMILES string of the molecule is CC1CCC2(OC1)OC1CC3C4CCC5CC(O)CCC5(C)C4=CCC3(C)C1C2C.CCCCCC1C(=O)OC(C)C(NC(=O)c2cccc(NC=O)c2O)C(=O)OC(C)C1OC(=O)CC(C)C. The number of aliphatic hydroxyl groups excluding tert-OH is 1. The number of hydrogen-bond donors (Lipinski definition) is 4. The first-order valence-corrected chi connectivity index (χ1v) is 25.9. The standard InChI is InChI=1S/C27H38N2O9.C27H42O3/c1-6-7-8-10-19-24(38-21(31)13-15(2)3)17(5)37-27(35)22(16(4)36-26(19)34)29-25(33)18-11-9-12-20(23(18)32)28-14-30;1-16-7-12-27(29-15-16)17(2)24-23(30-27)14-22-20-6-5-18-13-19(28)8-10-25(18,3)21(20)9-11-26(22,24)4/h9,11-12,14-17,19,22,24,32H,6-8,10,13H2,1-5H3,(H,28,30)(H,29,33);9,16-20,22-24,28H,5-8,10-15H2,1-4H3. The molecule has 1 spiro atoms. The summed E-state index contributed by atoms with van der Waals surface area (Å²) < 4.78 is 30.2. The molecule has 4 N–H and O–H groups in total. The van der Waals surface area contributed by atoms with Crippen LogP contribution in [0.5, 0.6) is 5.75 Å². The Kier molecular flexibility index (Phi) is 16.1. The number of esters is 3. The highest BCUT2D eigenvalue weighted by Gasteiger charge is 2.68. The second-order valence-corrected chi connectivity index (χ2v) is 22.5. The van der Waals surface area contributed by atoms with Crippen molar-refractivity contribution in [2.75, 3.05) is 11.9 Å². The molecule has 1 aromatic rings. The number of cyclic esters (lactones) is 2. The summed E-state index contributed by atoms with van der Waals surface area (Å²) in [5.41, 5.74) is 2.24. The Labute approximate surface area is 403 Å². The van der Waals surface area contributed by atoms with Crippen LogP contribution in [-0.4, -0.2) is 89.4 Å². The van der Waals surface area contributed by atoms with E-state index in [2.05, 4.69) is 44.4 Å². The lowest BCUT2D eigenvalue weighted by Crippen LogP contribution is -2.50. The van der Waals surface area contributed by atoms with Gasteiger partial charge < -0.3 is 44.5 Å². The van der Waals surface area contributed by atoms with Gasteiger partial charge in [-0.2, -0.15) is 0 Å². The molecular formula is C54H80N2O12. The molecule has 3 saturated heterocycles. The number of anilines is 1. The molecule has 7 aliphatic rings. The van der Waals surface area contributed by atoms with Gasteiger partial charge in [-0.1, -0.05) is 85.4 Å². The second kappa shape index (κ2) is 21.1. The second-order valence-electron chi connectivity index (χ2n) is 22.5. The number of para-hydroxylation sites is 1. The molecule has 68 heavy (non-hydrogen) atoms. The number of unbranched alkanes of at least 4 members (excludes halogenated alkanes) is 2. The number of amides is 2. The van der Waals surface area contributed by atoms with E-state index in [0.717, 1.165) is 50.5 Å². The minimum absolute atomic E-state index is 0.00114. The molecule has 16 atom stereocenters. The van der Waals surface area contributed by atoms with Gasteiger partial charge >= 0.3 is 17.9 Å². The summed E-state index contributed by atoms with van der Waals surface area (Å²) in [7, 11) is 0. The molecule has 16 unspecified atom stereocenters. The van der Waals surface area contributed by atoms with Gasteiger partial charge in [0.25, 0.3) is 5.91 Å². The summed E-state index contributed by atoms with van der Waals surface area (Å²) in [4.78, 5) is 62.7. The molecule has 6 fully saturated rings. The maximum absolute atomic E-state index is 13.3. The van der Waals surface area contributed by atoms with E-state index in [-0.39, 0.29) is 35.5 Å². The van der Waals surface area contributed by atoms with Crippen molar-refractivity contribution >= 4 is 35.9 Å². The fourth-order valence-corrected chi connectivity index (χ4v) is 13.7. The number of phenols is 1. The van der Waals surface area contributed by atoms with Crippen molar-refractivity contribution < 1.29 is 57.9 Å². The van der Waals surface area contributed by atoms with Crippen LogP contribution < -0.4 is 10.6 Å². The predicted octanol–water partition coefficient (Wildman–Crippen LogP) is 8.80. The van der Waals surface area contributed by atoms with Gasteiger partial charge in [0.1, 0.15) is 12.2 Å². The van der Waals surface area contributed by atoms with Gasteiger partial charge in [0.05, 0.1) is 36.0 Å². The first-order chi connectivity index (χ1) is 32.3. The minimum Gasteiger partial charge on any atom is -0.505 e. The van der Waals surface area contributed by atoms with E-state index in [1.54, 1.807) is 5.57 Å². The van der Waals surface area contributed by atoms with Crippen LogP contribution >= 0.6 is 0 Å². The highest BCUT2D eigenvalue weighted by Crippen LogP contribution is 2.70. The van der Waals surface area contributed by atoms with Crippen LogP contribution in [0.3, 0.4) is 0 Å². The van der Waals surface area contributed by atoms with Crippen molar-refractivity contribution in [2.24, 2.45) is 58.2 Å². The fourth-order valence-electron chi connectivity index (χ4n) is 13.7. The molecule has 3 aliphatic heterocycles. The average Bonchev–Trinajstić information content (AvgIpc) is 3.74. The third-order valence-electron chi connectivity index (χ3n) is 17.5. The zero-order valence-electron chi connectivity index (χ0n) is 42.1. The number of carbonyl (C=O) groups excluding carboxylic acids is 5. The van der Waals surface area contributed by atoms with Crippen molar-refractivity contribution in [1.82, 2.24) is 5.32 Å². The van der Waals surface area contributed by atoms with Crippen molar-refractivity contribution in [2.45, 2.75) is 195 Å². The number of allylic oxidation sites excluding steroid dienone is 2. The largest absolute Gasteiger partial charge is 0.505 e. The number of aromatic hydroxyl groups is 1. The number of nitrogens with one attached hydrogen (secondary N) is 2. The summed E-state index contributed by atoms with van der Waals surface area (Å²) >= 11 is 0. The fraction of sp³-hybridized carbons (Fsp3) is 0.759. The molecule has 8 rings (SSSR count). The van der Waals surface area contributed by atoms with E-state index in [1.165, 1.54) is 70.6 Å². The number of aliphatic hydroxyl groups is 1. The van der Waals surface area contributed by atoms with E-state index >= 15 is 0 Å². The van der Waals surface area contributed by atoms with Crippen molar-refractivity contribution in [3.63, 3.8) is 0 Å². The lowest BCUT2D eigenvalue weighted by molar-refractivity contribution is -0.272. The summed E-state index contributed by atoms with van der Waals surface area (Å²) in [6.45, 7) is 19.4. The minimum atomic E-state index is -1.42. The first-order valence-electron chi connectivity index (χ1n) is 25.9. The molecule has 1 aromatic carbocycles. The van der Waals surface area contributed by atoms with Crippen LogP contribution in [0.25, 0.3) is 0 Å². The topological polar surface area (TPSA) is 196 Å². The first kappa shape index (κ1) is 51.8. The predicted molar refractivity (Wildman–Crippen MR) is 255 cm³/mol. The molecule has 0 bridgehead atoms. The van der Waals surface area contributed by atoms with Gasteiger partial charge in [0.15, 0.2) is 23.7 Å². The number of rotatable bonds is 11. The molecule has 378 valence electrons. The Morgan fingerprint density at radius 1 is 0.971 bits per heavy atom. The summed E-state index contributed by atoms with van der Waals surface area (Å²) in [5, 5.41) is 25.4. The van der Waals surface area contributed by atoms with Crippen LogP contribution in [0.1, 0.15) is 163 Å². The molecule has 4 aliphatic carbocycles. The number of benzene rings is 1. The quantitative estimate of drug-likeness (QED) is 0.0412. The highest BCUT2D eigenvalue weighted by atomic mass is 16.7. The smallest absolute Gasteiger partial charge is 0.332 e. The van der Waals surface area contributed by atoms with Crippen molar-refractivity contribution in [3.05, 3.63) is 35.4 Å². The maximum Gasteiger partial charge on any atom is 0.332 e. The highest BCUT2D eigenvalue weighted by molar-refractivity contribution is 6.01. The number of phenolic OH excluding ortho intramolecular Hbond substituents is 1. The molecule has 3 heterocycles. The molecule has 0 radical (unpaired) electrons. The summed E-state index contributed by atoms with van der Waals surface area (Å²) in [6, 6.07) is 2.71. The average molecular weight is 949 g/mol. The van der Waals surface area contributed by atoms with E-state index in [0.29, 0.717) is 59.9 Å². The maximum atomic E-state index is 13.3. The zero-order chi connectivity index (χ0) is 49.3. The third kappa shape index (κ3) is 10.2. The summed E-state index contributed by atoms with van der Waals surface area (Å²) in [6.07, 6.45) is 13.7. The third-order valence-corrected chi connectivity index (χ3v) is 17.5. The molecule has 0 aromatic heterocycles. The van der Waals surface area contributed by atoms with E-state index < -0.39 is 59.8 Å². The van der Waals surface area contributed by atoms with Crippen molar-refractivity contribution in [1.29, 1.82) is 0 Å². The van der Waals surface area contributed by atoms with Crippen LogP contribution in [0.2, 0.25) is 0 Å². The number of fused-ring (bicyclic) bond motifs is 7. The monoisotopic (exact) mass is 949 g/mol. The van der Waals surface area contributed by atoms with Crippen LogP contribution in [0, 0.1) is 58.2 Å². The molecule has 14 nitrogen and oxygen atoms in total. The number of hydrogen-bond acceptors (Lipinski definition) is 12. The van der Waals surface area contributed by atoms with Gasteiger partial charge in [-0.3, -0.25) is 19.2 Å².